The van der Waals surface area contributed by atoms with Gasteiger partial charge >= 0.3 is 0 Å². The molecule has 0 radical (unpaired) electrons. The third-order valence-electron chi connectivity index (χ3n) is 4.94. The third kappa shape index (κ3) is 2.76. The number of H-pyrrole nitrogens is 1. The molecule has 3 heterocycles. The van der Waals surface area contributed by atoms with E-state index in [-0.39, 0.29) is 0 Å². The molecule has 2 aromatic rings. The number of aromatic amines is 1. The molecule has 2 aliphatic rings. The van der Waals surface area contributed by atoms with E-state index in [1.165, 1.54) is 0 Å². The van der Waals surface area contributed by atoms with Gasteiger partial charge in [-0.1, -0.05) is 30.3 Å². The van der Waals surface area contributed by atoms with E-state index in [0.717, 1.165) is 35.4 Å². The van der Waals surface area contributed by atoms with Gasteiger partial charge in [-0.15, -0.1) is 0 Å². The van der Waals surface area contributed by atoms with E-state index in [1.807, 2.05) is 30.3 Å². The molecule has 0 atom stereocenters. The Kier molecular flexibility index (Phi) is 4.15. The Bertz CT molecular complexity index is 810. The molecule has 1 aromatic carbocycles. The van der Waals surface area contributed by atoms with Crippen LogP contribution in [-0.2, 0) is 23.1 Å². The molecule has 1 fully saturated rings. The van der Waals surface area contributed by atoms with E-state index in [2.05, 4.69) is 10.2 Å². The molecular formula is C17H22N4O2S. The lowest BCUT2D eigenvalue weighted by atomic mass is 10.0. The maximum absolute atomic E-state index is 12.8. The van der Waals surface area contributed by atoms with Gasteiger partial charge in [0.1, 0.15) is 0 Å². The Morgan fingerprint density at radius 2 is 1.58 bits per heavy atom. The molecule has 0 unspecified atom stereocenters. The van der Waals surface area contributed by atoms with Gasteiger partial charge in [-0.05, 0) is 19.3 Å². The Morgan fingerprint density at radius 1 is 0.917 bits per heavy atom. The quantitative estimate of drug-likeness (QED) is 0.922. The van der Waals surface area contributed by atoms with E-state index in [1.54, 1.807) is 8.61 Å². The van der Waals surface area contributed by atoms with Gasteiger partial charge in [0, 0.05) is 49.4 Å². The summed E-state index contributed by atoms with van der Waals surface area (Å²) >= 11 is 0. The highest BCUT2D eigenvalue weighted by Crippen LogP contribution is 2.28. The Hall–Kier alpha value is -1.70. The largest absolute Gasteiger partial charge is 0.282 e. The second kappa shape index (κ2) is 6.31. The zero-order valence-corrected chi connectivity index (χ0v) is 14.4. The molecular weight excluding hydrogens is 324 g/mol. The molecule has 0 saturated carbocycles. The van der Waals surface area contributed by atoms with Crippen molar-refractivity contribution in [1.82, 2.24) is 18.8 Å². The van der Waals surface area contributed by atoms with Crippen molar-refractivity contribution in [2.24, 2.45) is 0 Å². The van der Waals surface area contributed by atoms with Crippen LogP contribution in [0.15, 0.2) is 30.3 Å². The average molecular weight is 346 g/mol. The fourth-order valence-electron chi connectivity index (χ4n) is 3.61. The second-order valence-corrected chi connectivity index (χ2v) is 8.34. The van der Waals surface area contributed by atoms with E-state index in [9.17, 15) is 8.42 Å². The number of nitrogens with one attached hydrogen (secondary N) is 1. The van der Waals surface area contributed by atoms with E-state index in [4.69, 9.17) is 0 Å². The van der Waals surface area contributed by atoms with Crippen LogP contribution in [0.5, 0.6) is 0 Å². The van der Waals surface area contributed by atoms with Crippen molar-refractivity contribution in [2.75, 3.05) is 26.2 Å². The van der Waals surface area contributed by atoms with Crippen LogP contribution in [0.25, 0.3) is 11.3 Å². The van der Waals surface area contributed by atoms with Crippen LogP contribution in [-0.4, -0.2) is 53.4 Å². The predicted molar refractivity (Wildman–Crippen MR) is 92.7 cm³/mol. The highest BCUT2D eigenvalue weighted by molar-refractivity contribution is 7.86. The summed E-state index contributed by atoms with van der Waals surface area (Å²) in [5.41, 5.74) is 4.24. The lowest BCUT2D eigenvalue weighted by Crippen LogP contribution is -2.43. The first-order valence-corrected chi connectivity index (χ1v) is 9.93. The normalized spacial score (nSPS) is 20.0. The van der Waals surface area contributed by atoms with Gasteiger partial charge in [0.15, 0.2) is 0 Å². The van der Waals surface area contributed by atoms with Gasteiger partial charge in [0.05, 0.1) is 5.69 Å². The SMILES string of the molecule is O=S(=O)(N1CCCC1)N1CCc2[nH]nc(-c3ccccc3)c2CC1. The number of nitrogens with zero attached hydrogens (tertiary/aromatic N) is 3. The van der Waals surface area contributed by atoms with Gasteiger partial charge in [-0.25, -0.2) is 0 Å². The maximum atomic E-state index is 12.8. The fourth-order valence-corrected chi connectivity index (χ4v) is 5.30. The minimum atomic E-state index is -3.33. The molecule has 1 saturated heterocycles. The molecule has 0 aliphatic carbocycles. The van der Waals surface area contributed by atoms with Crippen molar-refractivity contribution in [3.05, 3.63) is 41.6 Å². The number of rotatable bonds is 3. The summed E-state index contributed by atoms with van der Waals surface area (Å²) in [5.74, 6) is 0. The minimum absolute atomic E-state index is 0.516. The lowest BCUT2D eigenvalue weighted by molar-refractivity contribution is 0.368. The Morgan fingerprint density at radius 3 is 2.33 bits per heavy atom. The molecule has 1 aromatic heterocycles. The molecule has 4 rings (SSSR count). The van der Waals surface area contributed by atoms with E-state index >= 15 is 0 Å². The Labute approximate surface area is 142 Å². The smallest absolute Gasteiger partial charge is 0.281 e. The van der Waals surface area contributed by atoms with Gasteiger partial charge in [-0.3, -0.25) is 5.10 Å². The first-order chi connectivity index (χ1) is 11.7. The zero-order chi connectivity index (χ0) is 16.6. The lowest BCUT2D eigenvalue weighted by Gasteiger charge is -2.25. The zero-order valence-electron chi connectivity index (χ0n) is 13.6. The van der Waals surface area contributed by atoms with Crippen molar-refractivity contribution in [3.8, 4) is 11.3 Å². The predicted octanol–water partition coefficient (Wildman–Crippen LogP) is 1.82. The van der Waals surface area contributed by atoms with E-state index < -0.39 is 10.2 Å². The summed E-state index contributed by atoms with van der Waals surface area (Å²) in [4.78, 5) is 0. The first kappa shape index (κ1) is 15.8. The minimum Gasteiger partial charge on any atom is -0.282 e. The van der Waals surface area contributed by atoms with E-state index in [0.29, 0.717) is 39.0 Å². The van der Waals surface area contributed by atoms with Crippen molar-refractivity contribution < 1.29 is 8.42 Å². The average Bonchev–Trinajstić information content (AvgIpc) is 3.22. The monoisotopic (exact) mass is 346 g/mol. The molecule has 2 aliphatic heterocycles. The summed E-state index contributed by atoms with van der Waals surface area (Å²) in [6.45, 7) is 2.34. The molecule has 1 N–H and O–H groups in total. The molecule has 7 heteroatoms. The van der Waals surface area contributed by atoms with Crippen molar-refractivity contribution in [3.63, 3.8) is 0 Å². The number of benzene rings is 1. The standard InChI is InChI=1S/C17H22N4O2S/c22-24(23,20-10-4-5-11-20)21-12-8-15-16(9-13-21)18-19-17(15)14-6-2-1-3-7-14/h1-3,6-7H,4-5,8-13H2,(H,18,19). The van der Waals surface area contributed by atoms with Crippen LogP contribution in [0.3, 0.4) is 0 Å². The summed E-state index contributed by atoms with van der Waals surface area (Å²) in [6, 6.07) is 10.1. The molecule has 128 valence electrons. The number of hydrogen-bond donors (Lipinski definition) is 1. The highest BCUT2D eigenvalue weighted by Gasteiger charge is 2.33. The highest BCUT2D eigenvalue weighted by atomic mass is 32.2. The van der Waals surface area contributed by atoms with Crippen molar-refractivity contribution >= 4 is 10.2 Å². The number of aromatic nitrogens is 2. The Balaban J connectivity index is 1.58. The molecule has 6 nitrogen and oxygen atoms in total. The van der Waals surface area contributed by atoms with Crippen LogP contribution in [0.4, 0.5) is 0 Å². The van der Waals surface area contributed by atoms with Gasteiger partial charge in [-0.2, -0.15) is 22.1 Å². The fraction of sp³-hybridized carbons (Fsp3) is 0.471. The van der Waals surface area contributed by atoms with Crippen LogP contribution >= 0.6 is 0 Å². The van der Waals surface area contributed by atoms with Crippen molar-refractivity contribution in [2.45, 2.75) is 25.7 Å². The van der Waals surface area contributed by atoms with Gasteiger partial charge in [0.2, 0.25) is 0 Å². The molecule has 0 amide bonds. The van der Waals surface area contributed by atoms with Crippen LogP contribution in [0.1, 0.15) is 24.1 Å². The number of fused-ring (bicyclic) bond motifs is 1. The van der Waals surface area contributed by atoms with Crippen LogP contribution < -0.4 is 0 Å². The molecule has 0 bridgehead atoms. The van der Waals surface area contributed by atoms with Gasteiger partial charge < -0.3 is 0 Å². The summed E-state index contributed by atoms with van der Waals surface area (Å²) in [7, 11) is -3.33. The van der Waals surface area contributed by atoms with Gasteiger partial charge in [0.25, 0.3) is 10.2 Å². The number of hydrogen-bond acceptors (Lipinski definition) is 3. The molecule has 24 heavy (non-hydrogen) atoms. The van der Waals surface area contributed by atoms with Crippen LogP contribution in [0, 0.1) is 0 Å². The third-order valence-corrected chi connectivity index (χ3v) is 6.98. The molecule has 0 spiro atoms. The summed E-state index contributed by atoms with van der Waals surface area (Å²) < 4.78 is 28.9. The maximum Gasteiger partial charge on any atom is 0.281 e. The summed E-state index contributed by atoms with van der Waals surface area (Å²) in [5, 5.41) is 7.59. The summed E-state index contributed by atoms with van der Waals surface area (Å²) in [6.07, 6.45) is 3.31. The van der Waals surface area contributed by atoms with Crippen LogP contribution in [0.2, 0.25) is 0 Å². The first-order valence-electron chi connectivity index (χ1n) is 8.53. The topological polar surface area (TPSA) is 69.3 Å². The second-order valence-electron chi connectivity index (χ2n) is 6.41. The van der Waals surface area contributed by atoms with Crippen molar-refractivity contribution in [1.29, 1.82) is 0 Å².